The van der Waals surface area contributed by atoms with Crippen LogP contribution in [0.5, 0.6) is 0 Å². The number of thiazole rings is 1. The molecule has 2 aromatic rings. The monoisotopic (exact) mass is 411 g/mol. The molecule has 1 fully saturated rings. The van der Waals surface area contributed by atoms with Crippen molar-refractivity contribution in [2.45, 2.75) is 45.6 Å². The second-order valence-electron chi connectivity index (χ2n) is 7.86. The Hall–Kier alpha value is -2.29. The maximum absolute atomic E-state index is 13.8. The van der Waals surface area contributed by atoms with E-state index < -0.39 is 29.2 Å². The zero-order chi connectivity index (χ0) is 20.5. The molecule has 1 saturated heterocycles. The van der Waals surface area contributed by atoms with E-state index in [2.05, 4.69) is 10.3 Å². The van der Waals surface area contributed by atoms with E-state index in [0.717, 1.165) is 30.2 Å². The molecule has 6 nitrogen and oxygen atoms in total. The van der Waals surface area contributed by atoms with Gasteiger partial charge in [0.2, 0.25) is 5.91 Å². The molecule has 1 N–H and O–H groups in total. The molecule has 1 atom stereocenters. The lowest BCUT2D eigenvalue weighted by atomic mass is 10.0. The van der Waals surface area contributed by atoms with Gasteiger partial charge in [0.1, 0.15) is 16.9 Å². The average Bonchev–Trinajstić information content (AvgIpc) is 2.81. The van der Waals surface area contributed by atoms with Crippen LogP contribution in [0.15, 0.2) is 12.1 Å². The molecular weight excluding hydrogens is 388 g/mol. The number of anilines is 1. The summed E-state index contributed by atoms with van der Waals surface area (Å²) in [5.74, 6) is -2.18. The zero-order valence-electron chi connectivity index (χ0n) is 16.1. The second kappa shape index (κ2) is 7.98. The molecule has 1 aromatic carbocycles. The van der Waals surface area contributed by atoms with Gasteiger partial charge in [-0.05, 0) is 39.7 Å². The van der Waals surface area contributed by atoms with Gasteiger partial charge in [0.25, 0.3) is 0 Å². The number of halogens is 2. The van der Waals surface area contributed by atoms with E-state index in [0.29, 0.717) is 17.7 Å². The van der Waals surface area contributed by atoms with Crippen molar-refractivity contribution in [2.24, 2.45) is 5.92 Å². The molecule has 28 heavy (non-hydrogen) atoms. The first-order valence-electron chi connectivity index (χ1n) is 9.17. The Morgan fingerprint density at radius 1 is 1.29 bits per heavy atom. The molecule has 0 bridgehead atoms. The fourth-order valence-electron chi connectivity index (χ4n) is 3.07. The SMILES string of the molecule is CC(C)(C)OC(=O)N1CCCCC(C(=O)Nc2nc3c(F)cc(F)cc3s2)C1. The molecule has 2 heterocycles. The predicted octanol–water partition coefficient (Wildman–Crippen LogP) is 4.55. The molecule has 2 amide bonds. The van der Waals surface area contributed by atoms with Crippen molar-refractivity contribution in [3.8, 4) is 0 Å². The Labute approximate surface area is 165 Å². The van der Waals surface area contributed by atoms with Gasteiger partial charge in [-0.1, -0.05) is 17.8 Å². The number of hydrogen-bond donors (Lipinski definition) is 1. The fourth-order valence-corrected chi connectivity index (χ4v) is 3.97. The van der Waals surface area contributed by atoms with Crippen molar-refractivity contribution in [3.63, 3.8) is 0 Å². The van der Waals surface area contributed by atoms with Gasteiger partial charge in [-0.2, -0.15) is 0 Å². The van der Waals surface area contributed by atoms with E-state index in [4.69, 9.17) is 4.74 Å². The highest BCUT2D eigenvalue weighted by molar-refractivity contribution is 7.22. The minimum absolute atomic E-state index is 0.0259. The van der Waals surface area contributed by atoms with Crippen molar-refractivity contribution in [2.75, 3.05) is 18.4 Å². The van der Waals surface area contributed by atoms with Crippen LogP contribution in [0.4, 0.5) is 18.7 Å². The van der Waals surface area contributed by atoms with Gasteiger partial charge in [-0.3, -0.25) is 4.79 Å². The third-order valence-corrected chi connectivity index (χ3v) is 5.26. The maximum Gasteiger partial charge on any atom is 0.410 e. The van der Waals surface area contributed by atoms with Crippen LogP contribution in [0.2, 0.25) is 0 Å². The largest absolute Gasteiger partial charge is 0.444 e. The molecule has 3 rings (SSSR count). The summed E-state index contributed by atoms with van der Waals surface area (Å²) in [7, 11) is 0. The van der Waals surface area contributed by atoms with Gasteiger partial charge in [0.15, 0.2) is 10.9 Å². The topological polar surface area (TPSA) is 71.5 Å². The number of carbonyl (C=O) groups excluding carboxylic acids is 2. The molecule has 0 spiro atoms. The molecule has 9 heteroatoms. The molecule has 0 saturated carbocycles. The highest BCUT2D eigenvalue weighted by Crippen LogP contribution is 2.29. The number of nitrogens with zero attached hydrogens (tertiary/aromatic N) is 2. The number of hydrogen-bond acceptors (Lipinski definition) is 5. The van der Waals surface area contributed by atoms with E-state index in [-0.39, 0.29) is 23.1 Å². The summed E-state index contributed by atoms with van der Waals surface area (Å²) in [4.78, 5) is 30.7. The van der Waals surface area contributed by atoms with Crippen LogP contribution in [0.3, 0.4) is 0 Å². The Kier molecular flexibility index (Phi) is 5.83. The van der Waals surface area contributed by atoms with E-state index in [1.807, 2.05) is 0 Å². The van der Waals surface area contributed by atoms with Gasteiger partial charge in [0.05, 0.1) is 10.6 Å². The smallest absolute Gasteiger partial charge is 0.410 e. The summed E-state index contributed by atoms with van der Waals surface area (Å²) >= 11 is 1.01. The third-order valence-electron chi connectivity index (χ3n) is 4.34. The second-order valence-corrected chi connectivity index (χ2v) is 8.89. The number of likely N-dealkylation sites (tertiary alicyclic amines) is 1. The third kappa shape index (κ3) is 4.95. The minimum Gasteiger partial charge on any atom is -0.444 e. The molecule has 0 radical (unpaired) electrons. The number of carbonyl (C=O) groups is 2. The number of amides is 2. The van der Waals surface area contributed by atoms with Crippen molar-refractivity contribution in [1.82, 2.24) is 9.88 Å². The standard InChI is InChI=1S/C19H23F2N3O3S/c1-19(2,3)27-18(26)24-7-5-4-6-11(10-24)16(25)23-17-22-15-13(21)8-12(20)9-14(15)28-17/h8-9,11H,4-7,10H2,1-3H3,(H,22,23,25). The van der Waals surface area contributed by atoms with E-state index >= 15 is 0 Å². The van der Waals surface area contributed by atoms with Crippen LogP contribution in [0, 0.1) is 17.6 Å². The van der Waals surface area contributed by atoms with E-state index in [9.17, 15) is 18.4 Å². The zero-order valence-corrected chi connectivity index (χ0v) is 16.9. The Morgan fingerprint density at radius 2 is 2.04 bits per heavy atom. The molecule has 1 aliphatic rings. The van der Waals surface area contributed by atoms with Crippen LogP contribution in [-0.4, -0.2) is 40.6 Å². The van der Waals surface area contributed by atoms with Crippen LogP contribution < -0.4 is 5.32 Å². The molecule has 1 aliphatic heterocycles. The first-order valence-corrected chi connectivity index (χ1v) is 9.98. The van der Waals surface area contributed by atoms with Gasteiger partial charge in [-0.15, -0.1) is 0 Å². The maximum atomic E-state index is 13.8. The van der Waals surface area contributed by atoms with Gasteiger partial charge < -0.3 is 15.0 Å². The summed E-state index contributed by atoms with van der Waals surface area (Å²) in [6, 6.07) is 1.94. The molecule has 0 aliphatic carbocycles. The van der Waals surface area contributed by atoms with Gasteiger partial charge in [0, 0.05) is 19.2 Å². The van der Waals surface area contributed by atoms with E-state index in [1.54, 1.807) is 25.7 Å². The number of nitrogens with one attached hydrogen (secondary N) is 1. The van der Waals surface area contributed by atoms with Crippen LogP contribution in [-0.2, 0) is 9.53 Å². The lowest BCUT2D eigenvalue weighted by Crippen LogP contribution is -2.41. The fraction of sp³-hybridized carbons (Fsp3) is 0.526. The normalized spacial score (nSPS) is 18.0. The van der Waals surface area contributed by atoms with Crippen molar-refractivity contribution in [1.29, 1.82) is 0 Å². The number of benzene rings is 1. The van der Waals surface area contributed by atoms with Crippen molar-refractivity contribution in [3.05, 3.63) is 23.8 Å². The van der Waals surface area contributed by atoms with E-state index in [1.165, 1.54) is 6.07 Å². The first kappa shape index (κ1) is 20.4. The highest BCUT2D eigenvalue weighted by atomic mass is 32.1. The number of ether oxygens (including phenoxy) is 1. The molecule has 1 unspecified atom stereocenters. The summed E-state index contributed by atoms with van der Waals surface area (Å²) in [6.07, 6.45) is 1.77. The van der Waals surface area contributed by atoms with Crippen LogP contribution >= 0.6 is 11.3 Å². The summed E-state index contributed by atoms with van der Waals surface area (Å²) in [5, 5.41) is 2.89. The van der Waals surface area contributed by atoms with Gasteiger partial charge >= 0.3 is 6.09 Å². The first-order chi connectivity index (χ1) is 13.1. The lowest BCUT2D eigenvalue weighted by Gasteiger charge is -2.28. The Bertz CT molecular complexity index is 894. The van der Waals surface area contributed by atoms with Crippen LogP contribution in [0.1, 0.15) is 40.0 Å². The molecule has 152 valence electrons. The number of rotatable bonds is 2. The summed E-state index contributed by atoms with van der Waals surface area (Å²) in [5.41, 5.74) is -0.584. The molecule has 1 aromatic heterocycles. The predicted molar refractivity (Wildman–Crippen MR) is 103 cm³/mol. The van der Waals surface area contributed by atoms with Crippen molar-refractivity contribution < 1.29 is 23.1 Å². The minimum atomic E-state index is -0.766. The lowest BCUT2D eigenvalue weighted by molar-refractivity contribution is -0.120. The van der Waals surface area contributed by atoms with Crippen LogP contribution in [0.25, 0.3) is 10.2 Å². The quantitative estimate of drug-likeness (QED) is 0.787. The average molecular weight is 411 g/mol. The highest BCUT2D eigenvalue weighted by Gasteiger charge is 2.30. The Morgan fingerprint density at radius 3 is 2.75 bits per heavy atom. The number of fused-ring (bicyclic) bond motifs is 1. The van der Waals surface area contributed by atoms with Crippen molar-refractivity contribution >= 4 is 38.7 Å². The van der Waals surface area contributed by atoms with Gasteiger partial charge in [-0.25, -0.2) is 18.6 Å². The Balaban J connectivity index is 1.70. The number of aromatic nitrogens is 1. The summed E-state index contributed by atoms with van der Waals surface area (Å²) in [6.45, 7) is 6.16. The summed E-state index contributed by atoms with van der Waals surface area (Å²) < 4.78 is 32.9. The molecular formula is C19H23F2N3O3S.